The van der Waals surface area contributed by atoms with Crippen LogP contribution in [-0.4, -0.2) is 48.4 Å². The lowest BCUT2D eigenvalue weighted by Crippen LogP contribution is -2.71. The Labute approximate surface area is 188 Å². The van der Waals surface area contributed by atoms with Crippen molar-refractivity contribution in [2.24, 2.45) is 5.41 Å². The van der Waals surface area contributed by atoms with Crippen molar-refractivity contribution in [3.8, 4) is 0 Å². The molecule has 0 bridgehead atoms. The van der Waals surface area contributed by atoms with Crippen LogP contribution in [0.3, 0.4) is 0 Å². The van der Waals surface area contributed by atoms with Gasteiger partial charge in [0.1, 0.15) is 5.82 Å². The number of hydrogen-bond donors (Lipinski definition) is 0. The first-order chi connectivity index (χ1) is 15.5. The first-order valence-corrected chi connectivity index (χ1v) is 10.6. The summed E-state index contributed by atoms with van der Waals surface area (Å²) in [6, 6.07) is 8.21. The second-order valence-electron chi connectivity index (χ2n) is 9.01. The van der Waals surface area contributed by atoms with Crippen LogP contribution in [0.4, 0.5) is 24.7 Å². The van der Waals surface area contributed by atoms with Gasteiger partial charge in [0.15, 0.2) is 5.41 Å². The van der Waals surface area contributed by atoms with E-state index in [-0.39, 0.29) is 18.5 Å². The van der Waals surface area contributed by atoms with Gasteiger partial charge in [-0.3, -0.25) is 9.59 Å². The van der Waals surface area contributed by atoms with E-state index in [0.717, 1.165) is 12.1 Å². The highest BCUT2D eigenvalue weighted by molar-refractivity contribution is 6.04. The number of carbonyl (C=O) groups excluding carboxylic acids is 2. The van der Waals surface area contributed by atoms with Crippen LogP contribution in [-0.2, 0) is 31.7 Å². The van der Waals surface area contributed by atoms with Gasteiger partial charge in [0.2, 0.25) is 0 Å². The number of fused-ring (bicyclic) bond motifs is 4. The summed E-state index contributed by atoms with van der Waals surface area (Å²) in [6.45, 7) is 4.05. The lowest BCUT2D eigenvalue weighted by molar-refractivity contribution is -0.253. The number of pyridine rings is 1. The Morgan fingerprint density at radius 3 is 2.42 bits per heavy atom. The van der Waals surface area contributed by atoms with Crippen LogP contribution in [0.15, 0.2) is 42.6 Å². The number of anilines is 2. The molecule has 10 heteroatoms. The van der Waals surface area contributed by atoms with Gasteiger partial charge in [-0.05, 0) is 35.9 Å². The summed E-state index contributed by atoms with van der Waals surface area (Å²) in [5.74, 6) is -2.34. The molecule has 1 aromatic heterocycles. The van der Waals surface area contributed by atoms with Gasteiger partial charge in [-0.25, -0.2) is 4.98 Å². The highest BCUT2D eigenvalue weighted by Gasteiger charge is 2.65. The molecule has 33 heavy (non-hydrogen) atoms. The van der Waals surface area contributed by atoms with Gasteiger partial charge < -0.3 is 19.3 Å². The molecule has 2 fully saturated rings. The Morgan fingerprint density at radius 2 is 1.79 bits per heavy atom. The van der Waals surface area contributed by atoms with Gasteiger partial charge in [-0.2, -0.15) is 13.2 Å². The van der Waals surface area contributed by atoms with Gasteiger partial charge in [-0.1, -0.05) is 6.07 Å². The van der Waals surface area contributed by atoms with E-state index in [4.69, 9.17) is 9.47 Å². The molecule has 0 N–H and O–H groups in total. The van der Waals surface area contributed by atoms with E-state index in [9.17, 15) is 22.8 Å². The molecule has 0 saturated carbocycles. The summed E-state index contributed by atoms with van der Waals surface area (Å²) in [6.07, 6.45) is -3.14. The van der Waals surface area contributed by atoms with Gasteiger partial charge in [0, 0.05) is 51.8 Å². The number of halogens is 3. The van der Waals surface area contributed by atoms with E-state index in [1.54, 1.807) is 12.3 Å². The molecule has 174 valence electrons. The molecule has 2 aromatic rings. The number of esters is 2. The summed E-state index contributed by atoms with van der Waals surface area (Å²) in [5.41, 5.74) is -1.79. The lowest BCUT2D eigenvalue weighted by Gasteiger charge is -2.55. The SMILES string of the molecule is CC1(C)OC(=O)C2(Cc3cc(C(F)(F)F)ccc3N3CCN(c4ccccn4)CC32)C(=O)O1. The van der Waals surface area contributed by atoms with Crippen LogP contribution < -0.4 is 9.80 Å². The number of alkyl halides is 3. The molecule has 2 saturated heterocycles. The minimum atomic E-state index is -4.55. The molecule has 0 radical (unpaired) electrons. The van der Waals surface area contributed by atoms with Crippen LogP contribution in [0.5, 0.6) is 0 Å². The molecular weight excluding hydrogens is 439 g/mol. The van der Waals surface area contributed by atoms with Gasteiger partial charge in [-0.15, -0.1) is 0 Å². The predicted molar refractivity (Wildman–Crippen MR) is 111 cm³/mol. The Morgan fingerprint density at radius 1 is 1.06 bits per heavy atom. The summed E-state index contributed by atoms with van der Waals surface area (Å²) in [5, 5.41) is 0. The van der Waals surface area contributed by atoms with Crippen LogP contribution in [0.1, 0.15) is 25.0 Å². The van der Waals surface area contributed by atoms with Crippen molar-refractivity contribution in [1.82, 2.24) is 4.98 Å². The van der Waals surface area contributed by atoms with E-state index in [0.29, 0.717) is 24.6 Å². The zero-order valence-electron chi connectivity index (χ0n) is 18.1. The molecule has 5 rings (SSSR count). The molecular formula is C23H22F3N3O4. The molecule has 1 aromatic carbocycles. The van der Waals surface area contributed by atoms with Crippen molar-refractivity contribution in [3.63, 3.8) is 0 Å². The van der Waals surface area contributed by atoms with Crippen molar-refractivity contribution in [2.75, 3.05) is 29.4 Å². The molecule has 1 atom stereocenters. The fourth-order valence-electron chi connectivity index (χ4n) is 4.99. The first-order valence-electron chi connectivity index (χ1n) is 10.6. The van der Waals surface area contributed by atoms with E-state index in [1.165, 1.54) is 19.9 Å². The van der Waals surface area contributed by atoms with Crippen LogP contribution in [0.2, 0.25) is 0 Å². The molecule has 1 unspecified atom stereocenters. The number of ether oxygens (including phenoxy) is 2. The number of benzene rings is 1. The highest BCUT2D eigenvalue weighted by atomic mass is 19.4. The maximum absolute atomic E-state index is 13.4. The number of hydrogen-bond acceptors (Lipinski definition) is 7. The lowest BCUT2D eigenvalue weighted by atomic mass is 9.69. The average molecular weight is 461 g/mol. The second kappa shape index (κ2) is 7.10. The van der Waals surface area contributed by atoms with E-state index >= 15 is 0 Å². The topological polar surface area (TPSA) is 72.0 Å². The Balaban J connectivity index is 1.62. The maximum Gasteiger partial charge on any atom is 0.416 e. The average Bonchev–Trinajstić information content (AvgIpc) is 2.76. The molecule has 3 aliphatic rings. The molecule has 4 heterocycles. The Hall–Kier alpha value is -3.30. The predicted octanol–water partition coefficient (Wildman–Crippen LogP) is 3.17. The van der Waals surface area contributed by atoms with E-state index in [2.05, 4.69) is 4.98 Å². The number of nitrogens with zero attached hydrogens (tertiary/aromatic N) is 3. The second-order valence-corrected chi connectivity index (χ2v) is 9.01. The zero-order valence-corrected chi connectivity index (χ0v) is 18.1. The third kappa shape index (κ3) is 3.39. The fraction of sp³-hybridized carbons (Fsp3) is 0.435. The van der Waals surface area contributed by atoms with E-state index < -0.39 is 40.9 Å². The highest BCUT2D eigenvalue weighted by Crippen LogP contribution is 2.49. The molecule has 0 amide bonds. The van der Waals surface area contributed by atoms with Crippen LogP contribution in [0.25, 0.3) is 0 Å². The maximum atomic E-state index is 13.4. The molecule has 1 spiro atoms. The minimum absolute atomic E-state index is 0.239. The largest absolute Gasteiger partial charge is 0.422 e. The quantitative estimate of drug-likeness (QED) is 0.477. The van der Waals surface area contributed by atoms with Crippen LogP contribution in [0, 0.1) is 5.41 Å². The molecule has 7 nitrogen and oxygen atoms in total. The molecule has 0 aliphatic carbocycles. The number of carbonyl (C=O) groups is 2. The third-order valence-electron chi connectivity index (χ3n) is 6.51. The summed E-state index contributed by atoms with van der Waals surface area (Å²) < 4.78 is 51.2. The fourth-order valence-corrected chi connectivity index (χ4v) is 4.99. The summed E-state index contributed by atoms with van der Waals surface area (Å²) in [4.78, 5) is 34.9. The number of piperazine rings is 1. The Bertz CT molecular complexity index is 1100. The van der Waals surface area contributed by atoms with Crippen molar-refractivity contribution in [1.29, 1.82) is 0 Å². The van der Waals surface area contributed by atoms with Gasteiger partial charge in [0.05, 0.1) is 11.6 Å². The minimum Gasteiger partial charge on any atom is -0.422 e. The van der Waals surface area contributed by atoms with Crippen molar-refractivity contribution < 1.29 is 32.2 Å². The number of rotatable bonds is 1. The van der Waals surface area contributed by atoms with Crippen molar-refractivity contribution in [2.45, 2.75) is 38.3 Å². The van der Waals surface area contributed by atoms with Gasteiger partial charge in [0.25, 0.3) is 5.79 Å². The van der Waals surface area contributed by atoms with Gasteiger partial charge >= 0.3 is 18.1 Å². The van der Waals surface area contributed by atoms with Crippen molar-refractivity contribution in [3.05, 3.63) is 53.7 Å². The van der Waals surface area contributed by atoms with Crippen LogP contribution >= 0.6 is 0 Å². The zero-order chi connectivity index (χ0) is 23.6. The van der Waals surface area contributed by atoms with Crippen molar-refractivity contribution >= 4 is 23.4 Å². The third-order valence-corrected chi connectivity index (χ3v) is 6.51. The van der Waals surface area contributed by atoms with E-state index in [1.807, 2.05) is 21.9 Å². The smallest absolute Gasteiger partial charge is 0.416 e. The summed E-state index contributed by atoms with van der Waals surface area (Å²) >= 11 is 0. The molecule has 3 aliphatic heterocycles. The summed E-state index contributed by atoms with van der Waals surface area (Å²) in [7, 11) is 0. The Kier molecular flexibility index (Phi) is 4.63. The first kappa shape index (κ1) is 21.5. The number of cyclic esters (lactones) is 2. The monoisotopic (exact) mass is 461 g/mol. The number of aromatic nitrogens is 1. The standard InChI is InChI=1S/C23H22F3N3O4/c1-21(2)32-19(30)22(20(31)33-21)12-14-11-15(23(24,25)26)6-7-16(14)29-10-9-28(13-17(22)29)18-5-3-4-8-27-18/h3-8,11,17H,9-10,12-13H2,1-2H3. The normalized spacial score (nSPS) is 23.5.